The van der Waals surface area contributed by atoms with Crippen molar-refractivity contribution in [3.05, 3.63) is 23.9 Å². The average Bonchev–Trinajstić information content (AvgIpc) is 3.19. The number of methoxy groups -OCH3 is 1. The fourth-order valence-electron chi connectivity index (χ4n) is 3.26. The van der Waals surface area contributed by atoms with Crippen molar-refractivity contribution in [2.24, 2.45) is 4.99 Å². The van der Waals surface area contributed by atoms with E-state index in [0.29, 0.717) is 12.6 Å². The van der Waals surface area contributed by atoms with E-state index >= 15 is 0 Å². The van der Waals surface area contributed by atoms with Crippen LogP contribution in [0.4, 0.5) is 0 Å². The minimum atomic E-state index is 0.325. The van der Waals surface area contributed by atoms with E-state index in [9.17, 15) is 0 Å². The van der Waals surface area contributed by atoms with Gasteiger partial charge in [0.1, 0.15) is 6.10 Å². The normalized spacial score (nSPS) is 15.2. The fraction of sp³-hybridized carbons (Fsp3) is 0.714. The Hall–Kier alpha value is -1.86. The quantitative estimate of drug-likeness (QED) is 0.324. The molecule has 1 aliphatic carbocycles. The first-order chi connectivity index (χ1) is 13.7. The van der Waals surface area contributed by atoms with E-state index in [1.807, 2.05) is 18.3 Å². The van der Waals surface area contributed by atoms with Gasteiger partial charge < -0.3 is 25.0 Å². The Morgan fingerprint density at radius 1 is 1.29 bits per heavy atom. The van der Waals surface area contributed by atoms with Gasteiger partial charge in [0.05, 0.1) is 6.54 Å². The molecule has 2 N–H and O–H groups in total. The minimum absolute atomic E-state index is 0.325. The van der Waals surface area contributed by atoms with Crippen molar-refractivity contribution < 1.29 is 9.47 Å². The molecule has 0 radical (unpaired) electrons. The van der Waals surface area contributed by atoms with Gasteiger partial charge in [-0.1, -0.05) is 0 Å². The summed E-state index contributed by atoms with van der Waals surface area (Å²) in [6.45, 7) is 7.16. The average molecular weight is 392 g/mol. The van der Waals surface area contributed by atoms with Crippen LogP contribution in [0.15, 0.2) is 23.3 Å². The summed E-state index contributed by atoms with van der Waals surface area (Å²) in [5.41, 5.74) is 1.11. The summed E-state index contributed by atoms with van der Waals surface area (Å²) in [7, 11) is 3.87. The van der Waals surface area contributed by atoms with Crippen molar-refractivity contribution in [3.8, 4) is 5.88 Å². The molecule has 2 rings (SSSR count). The number of ether oxygens (including phenoxy) is 2. The summed E-state index contributed by atoms with van der Waals surface area (Å²) in [5.74, 6) is 1.55. The lowest BCUT2D eigenvalue weighted by Crippen LogP contribution is -2.41. The van der Waals surface area contributed by atoms with Gasteiger partial charge in [0.15, 0.2) is 5.96 Å². The molecule has 0 atom stereocenters. The van der Waals surface area contributed by atoms with E-state index in [0.717, 1.165) is 69.5 Å². The summed E-state index contributed by atoms with van der Waals surface area (Å²) < 4.78 is 11.1. The third-order valence-electron chi connectivity index (χ3n) is 4.83. The number of likely N-dealkylation sites (N-methyl/N-ethyl adjacent to an activating group) is 1. The molecule has 1 aliphatic rings. The molecule has 0 amide bonds. The second-order valence-corrected chi connectivity index (χ2v) is 7.30. The van der Waals surface area contributed by atoms with Crippen LogP contribution in [-0.4, -0.2) is 68.9 Å². The molecule has 0 aromatic carbocycles. The molecule has 0 unspecified atom stereocenters. The van der Waals surface area contributed by atoms with E-state index < -0.39 is 0 Å². The highest BCUT2D eigenvalue weighted by Crippen LogP contribution is 2.23. The van der Waals surface area contributed by atoms with E-state index in [-0.39, 0.29) is 0 Å². The maximum atomic E-state index is 6.00. The zero-order valence-electron chi connectivity index (χ0n) is 17.7. The number of pyridine rings is 1. The molecule has 28 heavy (non-hydrogen) atoms. The van der Waals surface area contributed by atoms with E-state index in [1.165, 1.54) is 12.8 Å². The Morgan fingerprint density at radius 3 is 2.86 bits per heavy atom. The van der Waals surface area contributed by atoms with Crippen molar-refractivity contribution in [2.75, 3.05) is 46.9 Å². The van der Waals surface area contributed by atoms with Gasteiger partial charge in [-0.25, -0.2) is 9.98 Å². The molecule has 1 heterocycles. The van der Waals surface area contributed by atoms with Crippen molar-refractivity contribution in [1.82, 2.24) is 20.5 Å². The predicted molar refractivity (Wildman–Crippen MR) is 114 cm³/mol. The van der Waals surface area contributed by atoms with E-state index in [4.69, 9.17) is 14.5 Å². The maximum absolute atomic E-state index is 6.00. The molecule has 0 bridgehead atoms. The number of nitrogens with one attached hydrogen (secondary N) is 2. The summed E-state index contributed by atoms with van der Waals surface area (Å²) in [4.78, 5) is 11.3. The SMILES string of the molecule is CCNC(=NCc1ccnc(OC2CCCC2)c1)NCCN(C)CCCOC. The van der Waals surface area contributed by atoms with Gasteiger partial charge in [-0.3, -0.25) is 0 Å². The Bertz CT molecular complexity index is 576. The summed E-state index contributed by atoms with van der Waals surface area (Å²) in [6.07, 6.45) is 7.98. The molecule has 1 fully saturated rings. The molecule has 1 aromatic heterocycles. The van der Waals surface area contributed by atoms with Gasteiger partial charge in [-0.2, -0.15) is 0 Å². The first-order valence-corrected chi connectivity index (χ1v) is 10.5. The highest BCUT2D eigenvalue weighted by atomic mass is 16.5. The van der Waals surface area contributed by atoms with Gasteiger partial charge in [-0.15, -0.1) is 0 Å². The number of hydrogen-bond acceptors (Lipinski definition) is 5. The largest absolute Gasteiger partial charge is 0.474 e. The van der Waals surface area contributed by atoms with Gasteiger partial charge in [0.2, 0.25) is 5.88 Å². The zero-order valence-corrected chi connectivity index (χ0v) is 17.7. The van der Waals surface area contributed by atoms with E-state index in [2.05, 4.69) is 34.5 Å². The van der Waals surface area contributed by atoms with Crippen LogP contribution in [0, 0.1) is 0 Å². The van der Waals surface area contributed by atoms with Crippen LogP contribution in [0.25, 0.3) is 0 Å². The number of hydrogen-bond donors (Lipinski definition) is 2. The lowest BCUT2D eigenvalue weighted by Gasteiger charge is -2.18. The van der Waals surface area contributed by atoms with Gasteiger partial charge in [-0.05, 0) is 57.7 Å². The zero-order chi connectivity index (χ0) is 20.0. The Balaban J connectivity index is 1.79. The van der Waals surface area contributed by atoms with Crippen LogP contribution in [-0.2, 0) is 11.3 Å². The maximum Gasteiger partial charge on any atom is 0.213 e. The molecule has 7 nitrogen and oxygen atoms in total. The highest BCUT2D eigenvalue weighted by Gasteiger charge is 2.17. The fourth-order valence-corrected chi connectivity index (χ4v) is 3.26. The second-order valence-electron chi connectivity index (χ2n) is 7.30. The third kappa shape index (κ3) is 8.89. The molecular weight excluding hydrogens is 354 g/mol. The van der Waals surface area contributed by atoms with Crippen LogP contribution in [0.2, 0.25) is 0 Å². The van der Waals surface area contributed by atoms with Crippen LogP contribution in [0.1, 0.15) is 44.6 Å². The number of aromatic nitrogens is 1. The molecule has 1 aromatic rings. The standard InChI is InChI=1S/C21H37N5O2/c1-4-22-21(24-12-14-26(2)13-7-15-27-3)25-17-18-10-11-23-20(16-18)28-19-8-5-6-9-19/h10-11,16,19H,4-9,12-15,17H2,1-3H3,(H2,22,24,25). The second kappa shape index (κ2) is 13.3. The third-order valence-corrected chi connectivity index (χ3v) is 4.83. The summed E-state index contributed by atoms with van der Waals surface area (Å²) in [5, 5.41) is 6.71. The molecule has 0 aliphatic heterocycles. The van der Waals surface area contributed by atoms with Crippen molar-refractivity contribution in [3.63, 3.8) is 0 Å². The Labute approximate surface area is 169 Å². The van der Waals surface area contributed by atoms with Crippen molar-refractivity contribution in [1.29, 1.82) is 0 Å². The van der Waals surface area contributed by atoms with Gasteiger partial charge in [0, 0.05) is 52.2 Å². The van der Waals surface area contributed by atoms with Crippen molar-refractivity contribution >= 4 is 5.96 Å². The van der Waals surface area contributed by atoms with Crippen LogP contribution >= 0.6 is 0 Å². The molecule has 0 spiro atoms. The van der Waals surface area contributed by atoms with Crippen LogP contribution in [0.5, 0.6) is 5.88 Å². The molecule has 0 saturated heterocycles. The van der Waals surface area contributed by atoms with Gasteiger partial charge in [0.25, 0.3) is 0 Å². The highest BCUT2D eigenvalue weighted by molar-refractivity contribution is 5.79. The first kappa shape index (κ1) is 22.4. The van der Waals surface area contributed by atoms with E-state index in [1.54, 1.807) is 7.11 Å². The number of nitrogens with zero attached hydrogens (tertiary/aromatic N) is 3. The number of rotatable bonds is 12. The predicted octanol–water partition coefficient (Wildman–Crippen LogP) is 2.43. The Morgan fingerprint density at radius 2 is 2.11 bits per heavy atom. The smallest absolute Gasteiger partial charge is 0.213 e. The Kier molecular flexibility index (Phi) is 10.7. The van der Waals surface area contributed by atoms with Crippen LogP contribution < -0.4 is 15.4 Å². The molecule has 158 valence electrons. The van der Waals surface area contributed by atoms with Crippen LogP contribution in [0.3, 0.4) is 0 Å². The van der Waals surface area contributed by atoms with Gasteiger partial charge >= 0.3 is 0 Å². The first-order valence-electron chi connectivity index (χ1n) is 10.5. The minimum Gasteiger partial charge on any atom is -0.474 e. The number of aliphatic imine (C=N–C) groups is 1. The van der Waals surface area contributed by atoms with Crippen molar-refractivity contribution in [2.45, 2.75) is 51.7 Å². The molecule has 1 saturated carbocycles. The lowest BCUT2D eigenvalue weighted by molar-refractivity contribution is 0.180. The molecule has 7 heteroatoms. The lowest BCUT2D eigenvalue weighted by atomic mass is 10.2. The summed E-state index contributed by atoms with van der Waals surface area (Å²) in [6, 6.07) is 4.01. The topological polar surface area (TPSA) is 71.0 Å². The number of guanidine groups is 1. The monoisotopic (exact) mass is 391 g/mol. The summed E-state index contributed by atoms with van der Waals surface area (Å²) >= 11 is 0. The molecular formula is C21H37N5O2.